The molecule has 142 valence electrons. The molecule has 0 aliphatic carbocycles. The minimum Gasteiger partial charge on any atom is -0.497 e. The molecule has 0 radical (unpaired) electrons. The Balaban J connectivity index is 1.73. The highest BCUT2D eigenvalue weighted by molar-refractivity contribution is 6.09. The largest absolute Gasteiger partial charge is 0.497 e. The lowest BCUT2D eigenvalue weighted by molar-refractivity contribution is 0.0708. The summed E-state index contributed by atoms with van der Waals surface area (Å²) in [4.78, 5) is 27.4. The molecule has 6 heteroatoms. The highest BCUT2D eigenvalue weighted by atomic mass is 16.5. The van der Waals surface area contributed by atoms with Crippen LogP contribution in [0.3, 0.4) is 0 Å². The number of benzene rings is 2. The smallest absolute Gasteiger partial charge is 0.255 e. The first-order valence-electron chi connectivity index (χ1n) is 9.13. The van der Waals surface area contributed by atoms with Crippen LogP contribution in [0.5, 0.6) is 5.75 Å². The van der Waals surface area contributed by atoms with E-state index in [1.54, 1.807) is 43.5 Å². The fraction of sp³-hybridized carbons (Fsp3) is 0.333. The molecular formula is C21H25N3O3. The van der Waals surface area contributed by atoms with Gasteiger partial charge in [-0.2, -0.15) is 0 Å². The molecule has 2 aromatic carbocycles. The number of methoxy groups -OCH3 is 1. The molecule has 2 aromatic rings. The molecule has 1 aliphatic rings. The van der Waals surface area contributed by atoms with Crippen molar-refractivity contribution >= 4 is 17.5 Å². The van der Waals surface area contributed by atoms with Crippen LogP contribution in [0.1, 0.15) is 33.6 Å². The van der Waals surface area contributed by atoms with Gasteiger partial charge < -0.3 is 20.3 Å². The third-order valence-corrected chi connectivity index (χ3v) is 4.95. The maximum absolute atomic E-state index is 13.0. The molecule has 0 atom stereocenters. The topological polar surface area (TPSA) is 70.7 Å². The lowest BCUT2D eigenvalue weighted by atomic mass is 10.0. The number of likely N-dealkylation sites (tertiary alicyclic amines) is 1. The van der Waals surface area contributed by atoms with Crippen molar-refractivity contribution in [3.05, 3.63) is 59.7 Å². The van der Waals surface area contributed by atoms with E-state index in [2.05, 4.69) is 10.6 Å². The van der Waals surface area contributed by atoms with Crippen LogP contribution in [0.25, 0.3) is 0 Å². The molecule has 0 saturated carbocycles. The van der Waals surface area contributed by atoms with Crippen molar-refractivity contribution in [3.63, 3.8) is 0 Å². The summed E-state index contributed by atoms with van der Waals surface area (Å²) in [7, 11) is 3.53. The van der Waals surface area contributed by atoms with Crippen LogP contribution in [0, 0.1) is 0 Å². The molecule has 27 heavy (non-hydrogen) atoms. The number of anilines is 1. The zero-order valence-electron chi connectivity index (χ0n) is 15.7. The number of ether oxygens (including phenoxy) is 1. The zero-order valence-corrected chi connectivity index (χ0v) is 15.7. The Morgan fingerprint density at radius 2 is 1.70 bits per heavy atom. The van der Waals surface area contributed by atoms with Gasteiger partial charge in [0.1, 0.15) is 5.75 Å². The van der Waals surface area contributed by atoms with E-state index in [-0.39, 0.29) is 11.8 Å². The van der Waals surface area contributed by atoms with Crippen molar-refractivity contribution in [3.8, 4) is 5.75 Å². The fourth-order valence-electron chi connectivity index (χ4n) is 3.26. The second kappa shape index (κ2) is 8.68. The monoisotopic (exact) mass is 367 g/mol. The molecule has 1 fully saturated rings. The van der Waals surface area contributed by atoms with Crippen molar-refractivity contribution in [2.45, 2.75) is 18.9 Å². The summed E-state index contributed by atoms with van der Waals surface area (Å²) >= 11 is 0. The number of carbonyl (C=O) groups is 2. The minimum absolute atomic E-state index is 0.0461. The normalized spacial score (nSPS) is 14.7. The van der Waals surface area contributed by atoms with E-state index >= 15 is 0 Å². The molecule has 0 aromatic heterocycles. The van der Waals surface area contributed by atoms with Crippen molar-refractivity contribution in [2.24, 2.45) is 0 Å². The summed E-state index contributed by atoms with van der Waals surface area (Å²) in [5, 5.41) is 6.13. The average molecular weight is 367 g/mol. The molecule has 2 N–H and O–H groups in total. The van der Waals surface area contributed by atoms with Gasteiger partial charge in [-0.05, 0) is 56.3 Å². The van der Waals surface area contributed by atoms with E-state index in [4.69, 9.17) is 4.74 Å². The van der Waals surface area contributed by atoms with Crippen LogP contribution in [-0.2, 0) is 0 Å². The Morgan fingerprint density at radius 1 is 1.04 bits per heavy atom. The summed E-state index contributed by atoms with van der Waals surface area (Å²) in [6, 6.07) is 14.5. The number of hydrogen-bond donors (Lipinski definition) is 2. The number of amides is 2. The molecule has 6 nitrogen and oxygen atoms in total. The Labute approximate surface area is 159 Å². The SMILES string of the molecule is CNC1CCN(C(=O)c2ccccc2NC(=O)c2ccc(OC)cc2)CC1. The third kappa shape index (κ3) is 4.46. The maximum atomic E-state index is 13.0. The Bertz CT molecular complexity index is 797. The van der Waals surface area contributed by atoms with E-state index in [0.717, 1.165) is 12.8 Å². The quantitative estimate of drug-likeness (QED) is 0.853. The van der Waals surface area contributed by atoms with E-state index in [1.807, 2.05) is 24.1 Å². The second-order valence-corrected chi connectivity index (χ2v) is 6.58. The van der Waals surface area contributed by atoms with Gasteiger partial charge in [0.25, 0.3) is 11.8 Å². The first kappa shape index (κ1) is 18.9. The van der Waals surface area contributed by atoms with Gasteiger partial charge in [0.2, 0.25) is 0 Å². The van der Waals surface area contributed by atoms with Crippen LogP contribution in [0.4, 0.5) is 5.69 Å². The van der Waals surface area contributed by atoms with Crippen LogP contribution in [0.2, 0.25) is 0 Å². The van der Waals surface area contributed by atoms with Gasteiger partial charge in [-0.1, -0.05) is 12.1 Å². The molecular weight excluding hydrogens is 342 g/mol. The van der Waals surface area contributed by atoms with Crippen molar-refractivity contribution in [2.75, 3.05) is 32.6 Å². The zero-order chi connectivity index (χ0) is 19.2. The molecule has 2 amide bonds. The fourth-order valence-corrected chi connectivity index (χ4v) is 3.26. The van der Waals surface area contributed by atoms with Crippen LogP contribution in [-0.4, -0.2) is 50.0 Å². The van der Waals surface area contributed by atoms with Gasteiger partial charge >= 0.3 is 0 Å². The minimum atomic E-state index is -0.258. The summed E-state index contributed by atoms with van der Waals surface area (Å²) in [6.07, 6.45) is 1.87. The summed E-state index contributed by atoms with van der Waals surface area (Å²) in [5.74, 6) is 0.383. The van der Waals surface area contributed by atoms with Crippen LogP contribution >= 0.6 is 0 Å². The Hall–Kier alpha value is -2.86. The van der Waals surface area contributed by atoms with E-state index in [1.165, 1.54) is 0 Å². The summed E-state index contributed by atoms with van der Waals surface area (Å²) < 4.78 is 5.11. The Kier molecular flexibility index (Phi) is 6.08. The number of nitrogens with one attached hydrogen (secondary N) is 2. The van der Waals surface area contributed by atoms with Gasteiger partial charge in [0, 0.05) is 24.7 Å². The highest BCUT2D eigenvalue weighted by Crippen LogP contribution is 2.21. The molecule has 3 rings (SSSR count). The summed E-state index contributed by atoms with van der Waals surface area (Å²) in [6.45, 7) is 1.43. The summed E-state index contributed by atoms with van der Waals surface area (Å²) in [5.41, 5.74) is 1.55. The first-order chi connectivity index (χ1) is 13.1. The standard InChI is InChI=1S/C21H25N3O3/c1-22-16-11-13-24(14-12-16)21(26)18-5-3-4-6-19(18)23-20(25)15-7-9-17(27-2)10-8-15/h3-10,16,22H,11-14H2,1-2H3,(H,23,25). The van der Waals surface area contributed by atoms with Gasteiger partial charge in [0.05, 0.1) is 18.4 Å². The van der Waals surface area contributed by atoms with Crippen molar-refractivity contribution in [1.82, 2.24) is 10.2 Å². The number of carbonyl (C=O) groups excluding carboxylic acids is 2. The molecule has 1 heterocycles. The number of para-hydroxylation sites is 1. The van der Waals surface area contributed by atoms with E-state index in [9.17, 15) is 9.59 Å². The number of piperidine rings is 1. The number of rotatable bonds is 5. The maximum Gasteiger partial charge on any atom is 0.255 e. The van der Waals surface area contributed by atoms with Crippen LogP contribution < -0.4 is 15.4 Å². The van der Waals surface area contributed by atoms with Gasteiger partial charge in [-0.25, -0.2) is 0 Å². The molecule has 0 spiro atoms. The van der Waals surface area contributed by atoms with Gasteiger partial charge in [0.15, 0.2) is 0 Å². The van der Waals surface area contributed by atoms with Gasteiger partial charge in [-0.3, -0.25) is 9.59 Å². The predicted molar refractivity (Wildman–Crippen MR) is 105 cm³/mol. The Morgan fingerprint density at radius 3 is 2.33 bits per heavy atom. The lowest BCUT2D eigenvalue weighted by Crippen LogP contribution is -2.44. The van der Waals surface area contributed by atoms with E-state index < -0.39 is 0 Å². The highest BCUT2D eigenvalue weighted by Gasteiger charge is 2.24. The molecule has 0 bridgehead atoms. The first-order valence-corrected chi connectivity index (χ1v) is 9.13. The van der Waals surface area contributed by atoms with Crippen LogP contribution in [0.15, 0.2) is 48.5 Å². The predicted octanol–water partition coefficient (Wildman–Crippen LogP) is 2.77. The third-order valence-electron chi connectivity index (χ3n) is 4.95. The van der Waals surface area contributed by atoms with Gasteiger partial charge in [-0.15, -0.1) is 0 Å². The van der Waals surface area contributed by atoms with E-state index in [0.29, 0.717) is 41.7 Å². The molecule has 1 saturated heterocycles. The van der Waals surface area contributed by atoms with Crippen molar-refractivity contribution in [1.29, 1.82) is 0 Å². The second-order valence-electron chi connectivity index (χ2n) is 6.58. The lowest BCUT2D eigenvalue weighted by Gasteiger charge is -2.32. The van der Waals surface area contributed by atoms with Crippen molar-refractivity contribution < 1.29 is 14.3 Å². The molecule has 1 aliphatic heterocycles. The average Bonchev–Trinajstić information content (AvgIpc) is 2.73. The number of hydrogen-bond acceptors (Lipinski definition) is 4. The number of nitrogens with zero attached hydrogens (tertiary/aromatic N) is 1. The molecule has 0 unspecified atom stereocenters.